The quantitative estimate of drug-likeness (QED) is 0.182. The van der Waals surface area contributed by atoms with Crippen LogP contribution in [0.25, 0.3) is 6.08 Å². The molecule has 1 aromatic carbocycles. The Balaban J connectivity index is 2.01. The molecule has 7 nitrogen and oxygen atoms in total. The summed E-state index contributed by atoms with van der Waals surface area (Å²) in [4.78, 5) is 25.4. The number of allylic oxidation sites excluding steroid dienone is 5. The number of aliphatic hydroxyl groups excluding tert-OH is 3. The molecule has 41 heavy (non-hydrogen) atoms. The topological polar surface area (TPSA) is 113 Å². The lowest BCUT2D eigenvalue weighted by Crippen LogP contribution is -2.27. The van der Waals surface area contributed by atoms with Crippen LogP contribution in [0.3, 0.4) is 0 Å². The van der Waals surface area contributed by atoms with Crippen molar-refractivity contribution in [3.63, 3.8) is 0 Å². The molecule has 0 aliphatic carbocycles. The molecular weight excluding hydrogens is 520 g/mol. The summed E-state index contributed by atoms with van der Waals surface area (Å²) in [5.41, 5.74) is 2.05. The van der Waals surface area contributed by atoms with Crippen LogP contribution in [0.15, 0.2) is 66.3 Å². The second-order valence-electron chi connectivity index (χ2n) is 11.4. The largest absolute Gasteiger partial charge is 0.462 e. The zero-order valence-electron chi connectivity index (χ0n) is 25.1. The lowest BCUT2D eigenvalue weighted by atomic mass is 9.94. The molecule has 6 atom stereocenters. The molecule has 1 aliphatic heterocycles. The molecule has 226 valence electrons. The van der Waals surface area contributed by atoms with Crippen LogP contribution in [0, 0.1) is 11.8 Å². The number of aliphatic hydroxyl groups is 3. The highest BCUT2D eigenvalue weighted by Gasteiger charge is 2.24. The summed E-state index contributed by atoms with van der Waals surface area (Å²) < 4.78 is 11.6. The summed E-state index contributed by atoms with van der Waals surface area (Å²) in [5.74, 6) is -0.241. The van der Waals surface area contributed by atoms with Crippen molar-refractivity contribution in [2.75, 3.05) is 0 Å². The van der Waals surface area contributed by atoms with Crippen LogP contribution in [-0.2, 0) is 14.3 Å². The van der Waals surface area contributed by atoms with E-state index in [4.69, 9.17) is 9.47 Å². The summed E-state index contributed by atoms with van der Waals surface area (Å²) in [7, 11) is 0. The molecule has 0 bridgehead atoms. The second kappa shape index (κ2) is 17.7. The van der Waals surface area contributed by atoms with Crippen LogP contribution in [0.4, 0.5) is 0 Å². The van der Waals surface area contributed by atoms with E-state index in [-0.39, 0.29) is 36.4 Å². The Labute approximate surface area is 245 Å². The first-order chi connectivity index (χ1) is 19.5. The molecule has 0 unspecified atom stereocenters. The number of carbonyl (C=O) groups excluding carboxylic acids is 2. The Morgan fingerprint density at radius 3 is 2.56 bits per heavy atom. The van der Waals surface area contributed by atoms with Gasteiger partial charge in [0.2, 0.25) is 0 Å². The molecule has 1 heterocycles. The number of carbonyl (C=O) groups is 2. The molecule has 0 aromatic heterocycles. The van der Waals surface area contributed by atoms with Gasteiger partial charge in [-0.1, -0.05) is 81.0 Å². The fourth-order valence-corrected chi connectivity index (χ4v) is 4.56. The number of esters is 2. The van der Waals surface area contributed by atoms with Crippen molar-refractivity contribution in [3.05, 3.63) is 77.4 Å². The van der Waals surface area contributed by atoms with Crippen LogP contribution in [0.2, 0.25) is 0 Å². The van der Waals surface area contributed by atoms with Gasteiger partial charge in [-0.2, -0.15) is 0 Å². The third-order valence-electron chi connectivity index (χ3n) is 7.12. The van der Waals surface area contributed by atoms with Gasteiger partial charge >= 0.3 is 11.9 Å². The lowest BCUT2D eigenvalue weighted by Gasteiger charge is -2.25. The Morgan fingerprint density at radius 1 is 1.12 bits per heavy atom. The van der Waals surface area contributed by atoms with Gasteiger partial charge in [0.15, 0.2) is 0 Å². The third-order valence-corrected chi connectivity index (χ3v) is 7.12. The van der Waals surface area contributed by atoms with E-state index >= 15 is 0 Å². The molecule has 2 rings (SSSR count). The number of benzene rings is 1. The number of ether oxygens (including phenoxy) is 2. The molecule has 1 aliphatic rings. The van der Waals surface area contributed by atoms with Crippen molar-refractivity contribution in [2.24, 2.45) is 11.8 Å². The highest BCUT2D eigenvalue weighted by molar-refractivity contribution is 5.90. The molecule has 0 saturated carbocycles. The van der Waals surface area contributed by atoms with E-state index in [1.54, 1.807) is 43.4 Å². The van der Waals surface area contributed by atoms with Gasteiger partial charge in [-0.25, -0.2) is 4.79 Å². The van der Waals surface area contributed by atoms with Gasteiger partial charge in [0.1, 0.15) is 12.2 Å². The Bertz CT molecular complexity index is 1080. The van der Waals surface area contributed by atoms with E-state index in [1.165, 1.54) is 0 Å². The molecule has 0 radical (unpaired) electrons. The Hall–Kier alpha value is -3.00. The van der Waals surface area contributed by atoms with Gasteiger partial charge in [0.05, 0.1) is 23.9 Å². The summed E-state index contributed by atoms with van der Waals surface area (Å²) in [6.45, 7) is 9.55. The minimum Gasteiger partial charge on any atom is -0.462 e. The number of rotatable bonds is 10. The summed E-state index contributed by atoms with van der Waals surface area (Å²) in [5, 5.41) is 29.3. The number of hydrogen-bond donors (Lipinski definition) is 3. The van der Waals surface area contributed by atoms with Crippen molar-refractivity contribution in [1.82, 2.24) is 0 Å². The average Bonchev–Trinajstić information content (AvgIpc) is 2.91. The molecule has 1 aromatic rings. The predicted octanol–water partition coefficient (Wildman–Crippen LogP) is 5.94. The third kappa shape index (κ3) is 13.0. The first kappa shape index (κ1) is 34.2. The van der Waals surface area contributed by atoms with Crippen molar-refractivity contribution < 1.29 is 34.4 Å². The fraction of sp³-hybridized carbons (Fsp3) is 0.529. The van der Waals surface area contributed by atoms with Crippen LogP contribution in [-0.4, -0.2) is 57.8 Å². The number of hydrogen-bond acceptors (Lipinski definition) is 7. The summed E-state index contributed by atoms with van der Waals surface area (Å²) >= 11 is 0. The maximum Gasteiger partial charge on any atom is 0.338 e. The van der Waals surface area contributed by atoms with E-state index < -0.39 is 24.3 Å². The van der Waals surface area contributed by atoms with E-state index in [1.807, 2.05) is 25.1 Å². The average molecular weight is 569 g/mol. The van der Waals surface area contributed by atoms with Gasteiger partial charge in [-0.15, -0.1) is 0 Å². The molecule has 0 fully saturated rings. The van der Waals surface area contributed by atoms with E-state index in [9.17, 15) is 24.9 Å². The molecule has 0 amide bonds. The molecular formula is C34H48O7. The monoisotopic (exact) mass is 568 g/mol. The van der Waals surface area contributed by atoms with Crippen LogP contribution >= 0.6 is 0 Å². The fourth-order valence-electron chi connectivity index (χ4n) is 4.56. The Kier molecular flexibility index (Phi) is 14.8. The summed E-state index contributed by atoms with van der Waals surface area (Å²) in [6.07, 6.45) is 12.8. The van der Waals surface area contributed by atoms with E-state index in [2.05, 4.69) is 32.9 Å². The first-order valence-electron chi connectivity index (χ1n) is 14.7. The normalized spacial score (nSPS) is 24.4. The molecule has 0 spiro atoms. The minimum absolute atomic E-state index is 0.0947. The van der Waals surface area contributed by atoms with Gasteiger partial charge in [-0.05, 0) is 62.6 Å². The van der Waals surface area contributed by atoms with Gasteiger partial charge in [0, 0.05) is 19.3 Å². The summed E-state index contributed by atoms with van der Waals surface area (Å²) in [6, 6.07) is 7.19. The lowest BCUT2D eigenvalue weighted by molar-refractivity contribution is -0.151. The highest BCUT2D eigenvalue weighted by Crippen LogP contribution is 2.23. The van der Waals surface area contributed by atoms with E-state index in [0.29, 0.717) is 31.2 Å². The van der Waals surface area contributed by atoms with Crippen molar-refractivity contribution in [3.8, 4) is 0 Å². The maximum atomic E-state index is 13.1. The zero-order chi connectivity index (χ0) is 30.4. The highest BCUT2D eigenvalue weighted by atomic mass is 16.5. The smallest absolute Gasteiger partial charge is 0.338 e. The van der Waals surface area contributed by atoms with Crippen LogP contribution in [0.1, 0.15) is 89.1 Å². The maximum absolute atomic E-state index is 13.1. The number of cyclic esters (lactones) is 1. The molecule has 3 N–H and O–H groups in total. The SMILES string of the molecule is CC(/C=C/C=C/c1cccc(C(=O)O[C@H]2CCCC(=O)O[C@@H](C(C)C)C/C=C\C[C@@H]2C)c1)=C\[C@H](O)[C@@H](O)C[C@H](C)O. The Morgan fingerprint density at radius 2 is 1.85 bits per heavy atom. The van der Waals surface area contributed by atoms with E-state index in [0.717, 1.165) is 17.6 Å². The minimum atomic E-state index is -1.06. The zero-order valence-corrected chi connectivity index (χ0v) is 25.1. The van der Waals surface area contributed by atoms with Crippen molar-refractivity contribution >= 4 is 18.0 Å². The molecule has 7 heteroatoms. The van der Waals surface area contributed by atoms with Gasteiger partial charge in [0.25, 0.3) is 0 Å². The molecule has 0 saturated heterocycles. The second-order valence-corrected chi connectivity index (χ2v) is 11.4. The predicted molar refractivity (Wildman–Crippen MR) is 162 cm³/mol. The van der Waals surface area contributed by atoms with Crippen molar-refractivity contribution in [1.29, 1.82) is 0 Å². The van der Waals surface area contributed by atoms with Crippen LogP contribution in [0.5, 0.6) is 0 Å². The first-order valence-corrected chi connectivity index (χ1v) is 14.7. The van der Waals surface area contributed by atoms with Crippen LogP contribution < -0.4 is 0 Å². The van der Waals surface area contributed by atoms with Crippen molar-refractivity contribution in [2.45, 2.75) is 104 Å². The van der Waals surface area contributed by atoms with Gasteiger partial charge < -0.3 is 24.8 Å². The standard InChI is InChI=1S/C34H48O7/c1-23(2)31-17-9-7-13-25(4)32(18-11-19-33(38)40-31)41-34(39)28-16-10-15-27(22-28)14-8-6-12-24(3)20-29(36)30(37)21-26(5)35/h6-10,12,14-16,20,22-23,25-26,29-32,35-37H,11,13,17-19,21H2,1-5H3/b9-7-,12-6+,14-8+,24-20+/t25-,26-,29-,30-,31+,32-/m0/s1. The van der Waals surface area contributed by atoms with Gasteiger partial charge in [-0.3, -0.25) is 4.79 Å².